The summed E-state index contributed by atoms with van der Waals surface area (Å²) in [6, 6.07) is 6.32. The number of hydrogen-bond acceptors (Lipinski definition) is 7. The molecule has 0 radical (unpaired) electrons. The van der Waals surface area contributed by atoms with Crippen molar-refractivity contribution in [2.75, 3.05) is 13.7 Å². The quantitative estimate of drug-likeness (QED) is 0.306. The molecule has 0 fully saturated rings. The number of halogens is 1. The number of carbonyl (C=O) groups is 3. The lowest BCUT2D eigenvalue weighted by molar-refractivity contribution is -0.129. The van der Waals surface area contributed by atoms with E-state index in [9.17, 15) is 14.4 Å². The molecule has 0 bridgehead atoms. The first-order valence-corrected chi connectivity index (χ1v) is 11.3. The van der Waals surface area contributed by atoms with Crippen LogP contribution in [0.25, 0.3) is 0 Å². The number of nitrogens with zero attached hydrogens (tertiary/aromatic N) is 1. The highest BCUT2D eigenvalue weighted by atomic mass is 79.9. The number of amides is 3. The average Bonchev–Trinajstić information content (AvgIpc) is 3.23. The smallest absolute Gasteiger partial charge is 0.262 e. The summed E-state index contributed by atoms with van der Waals surface area (Å²) in [6.07, 6.45) is 1.64. The van der Waals surface area contributed by atoms with Crippen molar-refractivity contribution >= 4 is 51.2 Å². The average molecular weight is 525 g/mol. The normalized spacial score (nSPS) is 11.9. The summed E-state index contributed by atoms with van der Waals surface area (Å²) in [4.78, 5) is 36.7. The van der Waals surface area contributed by atoms with E-state index in [1.54, 1.807) is 12.1 Å². The number of thiophene rings is 1. The lowest BCUT2D eigenvalue weighted by Crippen LogP contribution is -2.49. The van der Waals surface area contributed by atoms with E-state index in [1.807, 2.05) is 31.4 Å². The van der Waals surface area contributed by atoms with Crippen LogP contribution < -0.4 is 25.9 Å². The molecular weight excluding hydrogens is 500 g/mol. The van der Waals surface area contributed by atoms with Crippen molar-refractivity contribution in [1.29, 1.82) is 0 Å². The van der Waals surface area contributed by atoms with E-state index in [0.717, 1.165) is 4.88 Å². The van der Waals surface area contributed by atoms with E-state index in [2.05, 4.69) is 31.8 Å². The van der Waals surface area contributed by atoms with Gasteiger partial charge in [0.2, 0.25) is 5.91 Å². The van der Waals surface area contributed by atoms with Gasteiger partial charge in [-0.1, -0.05) is 19.9 Å². The minimum atomic E-state index is -0.731. The molecule has 0 aliphatic heterocycles. The molecule has 3 amide bonds. The van der Waals surface area contributed by atoms with Gasteiger partial charge in [-0.25, -0.2) is 5.43 Å². The summed E-state index contributed by atoms with van der Waals surface area (Å²) in [5, 5.41) is 8.64. The molecule has 1 aromatic heterocycles. The number of nitrogens with two attached hydrogens (primary N) is 1. The number of ether oxygens (including phenoxy) is 2. The number of methoxy groups -OCH3 is 1. The Hall–Kier alpha value is -2.92. The van der Waals surface area contributed by atoms with E-state index >= 15 is 0 Å². The van der Waals surface area contributed by atoms with Crippen molar-refractivity contribution in [3.05, 3.63) is 44.6 Å². The van der Waals surface area contributed by atoms with Crippen molar-refractivity contribution in [3.63, 3.8) is 0 Å². The molecule has 0 saturated heterocycles. The third-order valence-electron chi connectivity index (χ3n) is 4.18. The van der Waals surface area contributed by atoms with Gasteiger partial charge in [0.15, 0.2) is 18.1 Å². The Morgan fingerprint density at radius 2 is 2.06 bits per heavy atom. The zero-order valence-corrected chi connectivity index (χ0v) is 20.3. The fourth-order valence-corrected chi connectivity index (χ4v) is 3.95. The molecule has 4 N–H and O–H groups in total. The number of carbonyl (C=O) groups excluding carboxylic acids is 3. The van der Waals surface area contributed by atoms with Crippen LogP contribution in [0.2, 0.25) is 0 Å². The lowest BCUT2D eigenvalue weighted by atomic mass is 10.0. The second kappa shape index (κ2) is 12.2. The zero-order chi connectivity index (χ0) is 23.7. The Labute approximate surface area is 198 Å². The van der Waals surface area contributed by atoms with Crippen molar-refractivity contribution in [3.8, 4) is 11.5 Å². The second-order valence-electron chi connectivity index (χ2n) is 7.07. The fourth-order valence-electron chi connectivity index (χ4n) is 2.67. The van der Waals surface area contributed by atoms with Gasteiger partial charge < -0.3 is 20.5 Å². The van der Waals surface area contributed by atoms with Crippen molar-refractivity contribution in [1.82, 2.24) is 10.7 Å². The van der Waals surface area contributed by atoms with Crippen molar-refractivity contribution < 1.29 is 23.9 Å². The minimum Gasteiger partial charge on any atom is -0.493 e. The molecule has 2 aromatic rings. The molecule has 172 valence electrons. The third-order valence-corrected chi connectivity index (χ3v) is 5.64. The van der Waals surface area contributed by atoms with Crippen LogP contribution in [0.1, 0.15) is 24.3 Å². The van der Waals surface area contributed by atoms with Crippen LogP contribution in [0.15, 0.2) is 39.2 Å². The number of primary amides is 1. The van der Waals surface area contributed by atoms with Crippen LogP contribution in [0.5, 0.6) is 11.5 Å². The lowest BCUT2D eigenvalue weighted by Gasteiger charge is -2.20. The van der Waals surface area contributed by atoms with Gasteiger partial charge in [0.05, 0.1) is 24.2 Å². The van der Waals surface area contributed by atoms with Crippen LogP contribution in [-0.2, 0) is 20.8 Å². The molecule has 0 unspecified atom stereocenters. The first kappa shape index (κ1) is 25.3. The van der Waals surface area contributed by atoms with E-state index in [1.165, 1.54) is 24.7 Å². The standard InChI is InChI=1S/C21H25BrN4O5S/c1-12(2)19(25-18(28)9-14-5-4-6-32-14)21(29)26-24-10-13-7-15(22)20(16(8-13)30-3)31-11-17(23)27/h4-8,10,12,19H,9,11H2,1-3H3,(H2,23,27)(H,25,28)(H,26,29)/t19-/m0/s1. The number of nitrogens with one attached hydrogen (secondary N) is 2. The topological polar surface area (TPSA) is 132 Å². The van der Waals surface area contributed by atoms with Gasteiger partial charge in [0.25, 0.3) is 11.8 Å². The first-order chi connectivity index (χ1) is 15.2. The molecule has 11 heteroatoms. The highest BCUT2D eigenvalue weighted by Gasteiger charge is 2.24. The van der Waals surface area contributed by atoms with Gasteiger partial charge in [0, 0.05) is 4.88 Å². The van der Waals surface area contributed by atoms with Crippen LogP contribution in [0.3, 0.4) is 0 Å². The van der Waals surface area contributed by atoms with Gasteiger partial charge in [-0.2, -0.15) is 5.10 Å². The van der Waals surface area contributed by atoms with Crippen LogP contribution in [0.4, 0.5) is 0 Å². The Bertz CT molecular complexity index is 979. The Balaban J connectivity index is 2.02. The summed E-state index contributed by atoms with van der Waals surface area (Å²) >= 11 is 4.84. The number of rotatable bonds is 11. The Morgan fingerprint density at radius 3 is 2.66 bits per heavy atom. The van der Waals surface area contributed by atoms with Crippen molar-refractivity contribution in [2.24, 2.45) is 16.8 Å². The zero-order valence-electron chi connectivity index (χ0n) is 17.9. The van der Waals surface area contributed by atoms with Gasteiger partial charge in [-0.15, -0.1) is 11.3 Å². The van der Waals surface area contributed by atoms with E-state index < -0.39 is 17.9 Å². The van der Waals surface area contributed by atoms with Gasteiger partial charge in [-0.3, -0.25) is 14.4 Å². The van der Waals surface area contributed by atoms with E-state index in [0.29, 0.717) is 21.5 Å². The number of benzene rings is 1. The molecule has 2 rings (SSSR count). The molecule has 1 atom stereocenters. The molecule has 32 heavy (non-hydrogen) atoms. The minimum absolute atomic E-state index is 0.131. The van der Waals surface area contributed by atoms with E-state index in [4.69, 9.17) is 15.2 Å². The molecule has 0 aliphatic rings. The van der Waals surface area contributed by atoms with Gasteiger partial charge >= 0.3 is 0 Å². The fraction of sp³-hybridized carbons (Fsp3) is 0.333. The molecule has 0 aliphatic carbocycles. The molecule has 0 saturated carbocycles. The second-order valence-corrected chi connectivity index (χ2v) is 8.96. The maximum Gasteiger partial charge on any atom is 0.262 e. The predicted octanol–water partition coefficient (Wildman–Crippen LogP) is 2.22. The van der Waals surface area contributed by atoms with E-state index in [-0.39, 0.29) is 24.9 Å². The molecule has 9 nitrogen and oxygen atoms in total. The Morgan fingerprint density at radius 1 is 1.31 bits per heavy atom. The SMILES string of the molecule is COc1cc(C=NNC(=O)[C@@H](NC(=O)Cc2cccs2)C(C)C)cc(Br)c1OCC(N)=O. The van der Waals surface area contributed by atoms with Crippen LogP contribution >= 0.6 is 27.3 Å². The van der Waals surface area contributed by atoms with Crippen LogP contribution in [-0.4, -0.2) is 43.7 Å². The third kappa shape index (κ3) is 7.65. The van der Waals surface area contributed by atoms with Crippen molar-refractivity contribution in [2.45, 2.75) is 26.3 Å². The highest BCUT2D eigenvalue weighted by Crippen LogP contribution is 2.36. The highest BCUT2D eigenvalue weighted by molar-refractivity contribution is 9.10. The summed E-state index contributed by atoms with van der Waals surface area (Å²) in [6.45, 7) is 3.38. The summed E-state index contributed by atoms with van der Waals surface area (Å²) < 4.78 is 11.2. The molecule has 1 aromatic carbocycles. The van der Waals surface area contributed by atoms with Crippen LogP contribution in [0, 0.1) is 5.92 Å². The number of hydrazone groups is 1. The summed E-state index contributed by atoms with van der Waals surface area (Å²) in [5.41, 5.74) is 8.17. The number of hydrogen-bond donors (Lipinski definition) is 3. The largest absolute Gasteiger partial charge is 0.493 e. The summed E-state index contributed by atoms with van der Waals surface area (Å²) in [7, 11) is 1.45. The molecular formula is C21H25BrN4O5S. The first-order valence-electron chi connectivity index (χ1n) is 9.64. The molecule has 1 heterocycles. The monoisotopic (exact) mass is 524 g/mol. The summed E-state index contributed by atoms with van der Waals surface area (Å²) in [5.74, 6) is -0.730. The molecule has 0 spiro atoms. The maximum atomic E-state index is 12.6. The van der Waals surface area contributed by atoms with Gasteiger partial charge in [0.1, 0.15) is 6.04 Å². The predicted molar refractivity (Wildman–Crippen MR) is 126 cm³/mol. The van der Waals surface area contributed by atoms with Gasteiger partial charge in [-0.05, 0) is 51.0 Å². The Kier molecular flexibility index (Phi) is 9.66. The maximum absolute atomic E-state index is 12.6.